The second-order valence-electron chi connectivity index (χ2n) is 6.17. The Balaban J connectivity index is 1.49. The number of carbonyl (C=O) groups excluding carboxylic acids is 2. The Hall–Kier alpha value is -2.73. The van der Waals surface area contributed by atoms with Crippen molar-refractivity contribution in [3.8, 4) is 0 Å². The highest BCUT2D eigenvalue weighted by Crippen LogP contribution is 2.20. The van der Waals surface area contributed by atoms with E-state index >= 15 is 0 Å². The molecule has 1 aliphatic rings. The van der Waals surface area contributed by atoms with Gasteiger partial charge in [0.1, 0.15) is 0 Å². The molecule has 0 fully saturated rings. The molecule has 2 amide bonds. The lowest BCUT2D eigenvalue weighted by Gasteiger charge is -2.32. The summed E-state index contributed by atoms with van der Waals surface area (Å²) in [5, 5.41) is 5.41. The predicted octanol–water partition coefficient (Wildman–Crippen LogP) is 1.58. The average Bonchev–Trinajstić information content (AvgIpc) is 2.66. The van der Waals surface area contributed by atoms with Gasteiger partial charge in [-0.05, 0) is 36.6 Å². The Morgan fingerprint density at radius 1 is 1.20 bits per heavy atom. The van der Waals surface area contributed by atoms with Crippen LogP contribution in [0.25, 0.3) is 0 Å². The zero-order valence-electron chi connectivity index (χ0n) is 14.2. The Kier molecular flexibility index (Phi) is 5.40. The molecule has 3 rings (SSSR count). The van der Waals surface area contributed by atoms with Crippen LogP contribution in [0.5, 0.6) is 0 Å². The Bertz CT molecular complexity index is 748. The number of aromatic nitrogens is 1. The average molecular weight is 338 g/mol. The smallest absolute Gasteiger partial charge is 0.243 e. The molecule has 130 valence electrons. The van der Waals surface area contributed by atoms with Crippen LogP contribution in [-0.2, 0) is 22.6 Å². The van der Waals surface area contributed by atoms with Crippen molar-refractivity contribution in [2.75, 3.05) is 18.4 Å². The molecule has 2 N–H and O–H groups in total. The second kappa shape index (κ2) is 7.90. The van der Waals surface area contributed by atoms with Gasteiger partial charge in [0.05, 0.1) is 24.5 Å². The molecule has 0 aliphatic carbocycles. The van der Waals surface area contributed by atoms with E-state index in [0.29, 0.717) is 5.69 Å². The van der Waals surface area contributed by atoms with E-state index in [0.717, 1.165) is 19.5 Å². The van der Waals surface area contributed by atoms with Gasteiger partial charge in [0.15, 0.2) is 0 Å². The van der Waals surface area contributed by atoms with Crippen LogP contribution in [0.3, 0.4) is 0 Å². The molecular formula is C19H22N4O2. The summed E-state index contributed by atoms with van der Waals surface area (Å²) in [5.41, 5.74) is 3.23. The Morgan fingerprint density at radius 2 is 2.00 bits per heavy atom. The number of pyridine rings is 1. The number of amides is 2. The van der Waals surface area contributed by atoms with Crippen LogP contribution >= 0.6 is 0 Å². The Morgan fingerprint density at radius 3 is 2.76 bits per heavy atom. The first-order valence-electron chi connectivity index (χ1n) is 8.42. The predicted molar refractivity (Wildman–Crippen MR) is 95.9 cm³/mol. The molecule has 6 heteroatoms. The molecule has 0 saturated carbocycles. The van der Waals surface area contributed by atoms with Crippen LogP contribution in [0.1, 0.15) is 18.1 Å². The molecule has 0 spiro atoms. The summed E-state index contributed by atoms with van der Waals surface area (Å²) in [7, 11) is 0. The lowest BCUT2D eigenvalue weighted by molar-refractivity contribution is -0.128. The molecule has 0 radical (unpaired) electrons. The van der Waals surface area contributed by atoms with Crippen LogP contribution in [-0.4, -0.2) is 40.8 Å². The van der Waals surface area contributed by atoms with Gasteiger partial charge in [-0.25, -0.2) is 0 Å². The molecular weight excluding hydrogens is 316 g/mol. The standard InChI is InChI=1S/C19H22N4O2/c1-14(23-10-8-15-5-2-3-6-16(15)13-23)19(25)21-12-18(24)22-17-7-4-9-20-11-17/h2-7,9,11,14H,8,10,12-13H2,1H3,(H,21,25)(H,22,24)/t14-/m1/s1. The van der Waals surface area contributed by atoms with Gasteiger partial charge >= 0.3 is 0 Å². The number of hydrogen-bond donors (Lipinski definition) is 2. The third kappa shape index (κ3) is 4.42. The van der Waals surface area contributed by atoms with E-state index in [1.54, 1.807) is 24.5 Å². The third-order valence-corrected chi connectivity index (χ3v) is 4.46. The molecule has 2 heterocycles. The number of rotatable bonds is 5. The molecule has 6 nitrogen and oxygen atoms in total. The van der Waals surface area contributed by atoms with E-state index in [1.165, 1.54) is 11.1 Å². The molecule has 1 aliphatic heterocycles. The number of carbonyl (C=O) groups is 2. The maximum atomic E-state index is 12.4. The molecule has 0 bridgehead atoms. The van der Waals surface area contributed by atoms with Crippen LogP contribution in [0.15, 0.2) is 48.8 Å². The van der Waals surface area contributed by atoms with E-state index in [1.807, 2.05) is 19.1 Å². The summed E-state index contributed by atoms with van der Waals surface area (Å²) < 4.78 is 0. The van der Waals surface area contributed by atoms with E-state index in [4.69, 9.17) is 0 Å². The highest BCUT2D eigenvalue weighted by Gasteiger charge is 2.25. The molecule has 1 aromatic heterocycles. The normalized spacial score (nSPS) is 15.1. The first-order valence-corrected chi connectivity index (χ1v) is 8.42. The van der Waals surface area contributed by atoms with Crippen LogP contribution in [0.2, 0.25) is 0 Å². The van der Waals surface area contributed by atoms with Gasteiger partial charge in [-0.3, -0.25) is 19.5 Å². The summed E-state index contributed by atoms with van der Waals surface area (Å²) in [6, 6.07) is 11.5. The largest absolute Gasteiger partial charge is 0.346 e. The van der Waals surface area contributed by atoms with Gasteiger partial charge in [-0.1, -0.05) is 24.3 Å². The quantitative estimate of drug-likeness (QED) is 0.868. The van der Waals surface area contributed by atoms with Gasteiger partial charge in [-0.2, -0.15) is 0 Å². The first kappa shape index (κ1) is 17.1. The second-order valence-corrected chi connectivity index (χ2v) is 6.17. The summed E-state index contributed by atoms with van der Waals surface area (Å²) in [5.74, 6) is -0.404. The number of fused-ring (bicyclic) bond motifs is 1. The molecule has 0 saturated heterocycles. The Labute approximate surface area is 147 Å². The van der Waals surface area contributed by atoms with Crippen molar-refractivity contribution in [2.45, 2.75) is 25.9 Å². The van der Waals surface area contributed by atoms with Crippen molar-refractivity contribution >= 4 is 17.5 Å². The maximum absolute atomic E-state index is 12.4. The van der Waals surface area contributed by atoms with Crippen molar-refractivity contribution in [2.24, 2.45) is 0 Å². The van der Waals surface area contributed by atoms with Crippen molar-refractivity contribution < 1.29 is 9.59 Å². The van der Waals surface area contributed by atoms with Crippen molar-refractivity contribution in [1.82, 2.24) is 15.2 Å². The lowest BCUT2D eigenvalue weighted by Crippen LogP contribution is -2.48. The topological polar surface area (TPSA) is 74.3 Å². The van der Waals surface area contributed by atoms with Crippen molar-refractivity contribution in [3.63, 3.8) is 0 Å². The molecule has 1 aromatic carbocycles. The van der Waals surface area contributed by atoms with Gasteiger partial charge in [-0.15, -0.1) is 0 Å². The molecule has 1 atom stereocenters. The minimum atomic E-state index is -0.278. The van der Waals surface area contributed by atoms with E-state index in [-0.39, 0.29) is 24.4 Å². The van der Waals surface area contributed by atoms with Gasteiger partial charge in [0, 0.05) is 19.3 Å². The van der Waals surface area contributed by atoms with Gasteiger partial charge in [0.25, 0.3) is 0 Å². The lowest BCUT2D eigenvalue weighted by atomic mass is 9.99. The number of benzene rings is 1. The van der Waals surface area contributed by atoms with Crippen LogP contribution in [0, 0.1) is 0 Å². The fraction of sp³-hybridized carbons (Fsp3) is 0.316. The fourth-order valence-corrected chi connectivity index (χ4v) is 2.97. The van der Waals surface area contributed by atoms with Crippen LogP contribution < -0.4 is 10.6 Å². The van der Waals surface area contributed by atoms with Crippen LogP contribution in [0.4, 0.5) is 5.69 Å². The minimum absolute atomic E-state index is 0.0531. The van der Waals surface area contributed by atoms with E-state index in [9.17, 15) is 9.59 Å². The number of hydrogen-bond acceptors (Lipinski definition) is 4. The highest BCUT2D eigenvalue weighted by molar-refractivity contribution is 5.95. The summed E-state index contributed by atoms with van der Waals surface area (Å²) in [6.07, 6.45) is 4.14. The number of anilines is 1. The highest BCUT2D eigenvalue weighted by atomic mass is 16.2. The number of nitrogens with one attached hydrogen (secondary N) is 2. The van der Waals surface area contributed by atoms with E-state index in [2.05, 4.69) is 32.7 Å². The zero-order valence-corrected chi connectivity index (χ0v) is 14.2. The summed E-state index contributed by atoms with van der Waals surface area (Å²) >= 11 is 0. The zero-order chi connectivity index (χ0) is 17.6. The molecule has 25 heavy (non-hydrogen) atoms. The molecule has 2 aromatic rings. The van der Waals surface area contributed by atoms with Crippen molar-refractivity contribution in [1.29, 1.82) is 0 Å². The summed E-state index contributed by atoms with van der Waals surface area (Å²) in [4.78, 5) is 30.3. The monoisotopic (exact) mass is 338 g/mol. The van der Waals surface area contributed by atoms with Crippen molar-refractivity contribution in [3.05, 3.63) is 59.9 Å². The van der Waals surface area contributed by atoms with E-state index < -0.39 is 0 Å². The third-order valence-electron chi connectivity index (χ3n) is 4.46. The number of nitrogens with zero attached hydrogens (tertiary/aromatic N) is 2. The van der Waals surface area contributed by atoms with Gasteiger partial charge in [0.2, 0.25) is 11.8 Å². The maximum Gasteiger partial charge on any atom is 0.243 e. The minimum Gasteiger partial charge on any atom is -0.346 e. The molecule has 0 unspecified atom stereocenters. The SMILES string of the molecule is C[C@H](C(=O)NCC(=O)Nc1cccnc1)N1CCc2ccccc2C1. The first-order chi connectivity index (χ1) is 12.1. The summed E-state index contributed by atoms with van der Waals surface area (Å²) in [6.45, 7) is 3.42. The van der Waals surface area contributed by atoms with Gasteiger partial charge < -0.3 is 10.6 Å². The fourth-order valence-electron chi connectivity index (χ4n) is 2.97.